The summed E-state index contributed by atoms with van der Waals surface area (Å²) in [6.45, 7) is -0.153. The summed E-state index contributed by atoms with van der Waals surface area (Å²) in [7, 11) is 0. The number of carbonyl (C=O) groups excluding carboxylic acids is 3. The van der Waals surface area contributed by atoms with E-state index in [1.807, 2.05) is 0 Å². The molecule has 3 aromatic rings. The molecule has 0 saturated carbocycles. The Morgan fingerprint density at radius 1 is 1.16 bits per heavy atom. The van der Waals surface area contributed by atoms with Crippen molar-refractivity contribution < 1.29 is 28.1 Å². The summed E-state index contributed by atoms with van der Waals surface area (Å²) in [5, 5.41) is 13.1. The highest BCUT2D eigenvalue weighted by atomic mass is 35.5. The molecule has 1 N–H and O–H groups in total. The number of barbiturate groups is 1. The smallest absolute Gasteiger partial charge is 0.331 e. The van der Waals surface area contributed by atoms with E-state index in [0.717, 1.165) is 4.90 Å². The van der Waals surface area contributed by atoms with Gasteiger partial charge in [0.2, 0.25) is 0 Å². The van der Waals surface area contributed by atoms with E-state index >= 15 is 0 Å². The largest absolute Gasteiger partial charge is 0.467 e. The number of nitro benzene ring substituents is 1. The standard InChI is InChI=1S/C20H12ClN3O7/c21-15-5-3-11(8-16(15)24(28)29)17-6-4-12(31-17)9-14-18(25)22-20(27)23(19(14)26)10-13-2-1-7-30-13/h1-9H,10H2,(H,22,25,27)/b14-9-. The number of amides is 4. The summed E-state index contributed by atoms with van der Waals surface area (Å²) in [4.78, 5) is 48.3. The summed E-state index contributed by atoms with van der Waals surface area (Å²) in [5.41, 5.74) is -0.215. The number of furan rings is 2. The lowest BCUT2D eigenvalue weighted by Gasteiger charge is -2.25. The highest BCUT2D eigenvalue weighted by Gasteiger charge is 2.36. The number of imide groups is 2. The normalized spacial score (nSPS) is 15.5. The van der Waals surface area contributed by atoms with Gasteiger partial charge in [0, 0.05) is 11.6 Å². The number of hydrogen-bond donors (Lipinski definition) is 1. The fourth-order valence-corrected chi connectivity index (χ4v) is 3.12. The Balaban J connectivity index is 1.62. The zero-order chi connectivity index (χ0) is 22.1. The van der Waals surface area contributed by atoms with Gasteiger partial charge in [0.15, 0.2) is 0 Å². The Labute approximate surface area is 178 Å². The average Bonchev–Trinajstić information content (AvgIpc) is 3.40. The summed E-state index contributed by atoms with van der Waals surface area (Å²) >= 11 is 5.82. The van der Waals surface area contributed by atoms with Crippen LogP contribution in [0.4, 0.5) is 10.5 Å². The maximum atomic E-state index is 12.7. The predicted molar refractivity (Wildman–Crippen MR) is 107 cm³/mol. The molecule has 0 bridgehead atoms. The molecule has 11 heteroatoms. The number of carbonyl (C=O) groups is 3. The van der Waals surface area contributed by atoms with Gasteiger partial charge in [-0.3, -0.25) is 29.9 Å². The van der Waals surface area contributed by atoms with Crippen molar-refractivity contribution in [3.8, 4) is 11.3 Å². The number of halogens is 1. The van der Waals surface area contributed by atoms with Crippen LogP contribution >= 0.6 is 11.6 Å². The molecule has 0 radical (unpaired) electrons. The Bertz CT molecular complexity index is 1240. The minimum Gasteiger partial charge on any atom is -0.467 e. The maximum absolute atomic E-state index is 12.7. The van der Waals surface area contributed by atoms with Crippen molar-refractivity contribution in [1.82, 2.24) is 10.2 Å². The molecule has 2 aromatic heterocycles. The first-order valence-corrected chi connectivity index (χ1v) is 9.16. The number of urea groups is 1. The molecule has 0 unspecified atom stereocenters. The monoisotopic (exact) mass is 441 g/mol. The first-order valence-electron chi connectivity index (χ1n) is 8.79. The third-order valence-corrected chi connectivity index (χ3v) is 4.74. The lowest BCUT2D eigenvalue weighted by Crippen LogP contribution is -2.53. The van der Waals surface area contributed by atoms with E-state index < -0.39 is 22.8 Å². The van der Waals surface area contributed by atoms with Gasteiger partial charge in [-0.05, 0) is 42.5 Å². The second-order valence-corrected chi connectivity index (χ2v) is 6.82. The SMILES string of the molecule is O=C1NC(=O)N(Cc2ccco2)C(=O)/C1=C\c1ccc(-c2ccc(Cl)c([N+](=O)[O-])c2)o1. The summed E-state index contributed by atoms with van der Waals surface area (Å²) in [6.07, 6.45) is 2.59. The van der Waals surface area contributed by atoms with Crippen LogP contribution in [0.3, 0.4) is 0 Å². The van der Waals surface area contributed by atoms with E-state index in [9.17, 15) is 24.5 Å². The molecule has 156 valence electrons. The molecule has 10 nitrogen and oxygen atoms in total. The first-order chi connectivity index (χ1) is 14.8. The average molecular weight is 442 g/mol. The molecule has 0 aliphatic carbocycles. The summed E-state index contributed by atoms with van der Waals surface area (Å²) in [6, 6.07) is 9.49. The molecule has 3 heterocycles. The maximum Gasteiger partial charge on any atom is 0.331 e. The molecule has 4 rings (SSSR count). The van der Waals surface area contributed by atoms with Gasteiger partial charge in [-0.15, -0.1) is 0 Å². The van der Waals surface area contributed by atoms with Crippen LogP contribution in [0, 0.1) is 10.1 Å². The van der Waals surface area contributed by atoms with Crippen LogP contribution in [0.15, 0.2) is 63.1 Å². The van der Waals surface area contributed by atoms with Gasteiger partial charge in [-0.25, -0.2) is 4.79 Å². The van der Waals surface area contributed by atoms with Crippen molar-refractivity contribution in [2.24, 2.45) is 0 Å². The fourth-order valence-electron chi connectivity index (χ4n) is 2.93. The zero-order valence-corrected chi connectivity index (χ0v) is 16.3. The Morgan fingerprint density at radius 3 is 2.68 bits per heavy atom. The van der Waals surface area contributed by atoms with Gasteiger partial charge in [0.25, 0.3) is 17.5 Å². The molecule has 1 fully saturated rings. The molecular formula is C20H12ClN3O7. The van der Waals surface area contributed by atoms with E-state index in [2.05, 4.69) is 5.32 Å². The van der Waals surface area contributed by atoms with Crippen LogP contribution in [-0.2, 0) is 16.1 Å². The number of nitrogens with one attached hydrogen (secondary N) is 1. The molecule has 1 aliphatic heterocycles. The van der Waals surface area contributed by atoms with Gasteiger partial charge in [0.05, 0.1) is 17.7 Å². The van der Waals surface area contributed by atoms with E-state index in [4.69, 9.17) is 20.4 Å². The Kier molecular flexibility index (Phi) is 5.14. The summed E-state index contributed by atoms with van der Waals surface area (Å²) < 4.78 is 10.8. The molecule has 0 atom stereocenters. The van der Waals surface area contributed by atoms with Crippen LogP contribution < -0.4 is 5.32 Å². The third-order valence-electron chi connectivity index (χ3n) is 4.42. The molecule has 31 heavy (non-hydrogen) atoms. The second-order valence-electron chi connectivity index (χ2n) is 6.41. The Hall–Kier alpha value is -4.18. The van der Waals surface area contributed by atoms with Crippen molar-refractivity contribution in [3.05, 3.63) is 81.0 Å². The van der Waals surface area contributed by atoms with Gasteiger partial charge in [0.1, 0.15) is 27.9 Å². The van der Waals surface area contributed by atoms with Crippen LogP contribution in [0.1, 0.15) is 11.5 Å². The minimum absolute atomic E-state index is 0.0200. The van der Waals surface area contributed by atoms with Crippen molar-refractivity contribution in [2.45, 2.75) is 6.54 Å². The van der Waals surface area contributed by atoms with Crippen molar-refractivity contribution in [3.63, 3.8) is 0 Å². The number of nitro groups is 1. The second kappa shape index (κ2) is 7.92. The summed E-state index contributed by atoms with van der Waals surface area (Å²) in [5.74, 6) is -0.921. The lowest BCUT2D eigenvalue weighted by atomic mass is 10.1. The van der Waals surface area contributed by atoms with Crippen LogP contribution in [0.2, 0.25) is 5.02 Å². The quantitative estimate of drug-likeness (QED) is 0.275. The van der Waals surface area contributed by atoms with Gasteiger partial charge >= 0.3 is 6.03 Å². The van der Waals surface area contributed by atoms with Gasteiger partial charge < -0.3 is 8.83 Å². The van der Waals surface area contributed by atoms with Crippen molar-refractivity contribution in [2.75, 3.05) is 0 Å². The third kappa shape index (κ3) is 3.96. The van der Waals surface area contributed by atoms with E-state index in [-0.39, 0.29) is 34.3 Å². The molecule has 1 saturated heterocycles. The topological polar surface area (TPSA) is 136 Å². The van der Waals surface area contributed by atoms with Crippen LogP contribution in [0.5, 0.6) is 0 Å². The van der Waals surface area contributed by atoms with Crippen LogP contribution in [0.25, 0.3) is 17.4 Å². The number of nitrogens with zero attached hydrogens (tertiary/aromatic N) is 2. The van der Waals surface area contributed by atoms with Crippen LogP contribution in [-0.4, -0.2) is 27.7 Å². The van der Waals surface area contributed by atoms with Gasteiger partial charge in [-0.1, -0.05) is 11.6 Å². The van der Waals surface area contributed by atoms with E-state index in [0.29, 0.717) is 11.3 Å². The molecule has 0 spiro atoms. The highest BCUT2D eigenvalue weighted by Crippen LogP contribution is 2.31. The van der Waals surface area contributed by atoms with Crippen molar-refractivity contribution >= 4 is 41.2 Å². The van der Waals surface area contributed by atoms with E-state index in [1.54, 1.807) is 12.1 Å². The first kappa shape index (κ1) is 20.1. The fraction of sp³-hybridized carbons (Fsp3) is 0.0500. The minimum atomic E-state index is -0.870. The molecular weight excluding hydrogens is 430 g/mol. The number of hydrogen-bond acceptors (Lipinski definition) is 7. The molecule has 1 aliphatic rings. The predicted octanol–water partition coefficient (Wildman–Crippen LogP) is 3.76. The van der Waals surface area contributed by atoms with Gasteiger partial charge in [-0.2, -0.15) is 0 Å². The zero-order valence-electron chi connectivity index (χ0n) is 15.5. The number of benzene rings is 1. The lowest BCUT2D eigenvalue weighted by molar-refractivity contribution is -0.384. The highest BCUT2D eigenvalue weighted by molar-refractivity contribution is 6.32. The van der Waals surface area contributed by atoms with Crippen molar-refractivity contribution in [1.29, 1.82) is 0 Å². The molecule has 4 amide bonds. The molecule has 1 aromatic carbocycles. The van der Waals surface area contributed by atoms with E-state index in [1.165, 1.54) is 42.7 Å². The Morgan fingerprint density at radius 2 is 1.97 bits per heavy atom. The number of rotatable bonds is 5.